The molecule has 5 nitrogen and oxygen atoms in total. The summed E-state index contributed by atoms with van der Waals surface area (Å²) in [6.07, 6.45) is 0. The van der Waals surface area contributed by atoms with Crippen LogP contribution in [0.5, 0.6) is 28.7 Å². The molecule has 5 aromatic carbocycles. The molecule has 0 atom stereocenters. The molecule has 0 bridgehead atoms. The molecule has 0 unspecified atom stereocenters. The SMILES string of the molecule is Oc1ccccc1.[O-]c1ccccc1.[O-]c1ccccc1.[O-]c1ccccc1.[O-]c1ccccc1.[Ti+4]. The van der Waals surface area contributed by atoms with Gasteiger partial charge in [-0.05, 0) is 12.1 Å². The Labute approximate surface area is 227 Å². The summed E-state index contributed by atoms with van der Waals surface area (Å²) in [7, 11) is 0. The van der Waals surface area contributed by atoms with E-state index < -0.39 is 0 Å². The van der Waals surface area contributed by atoms with Crippen molar-refractivity contribution in [2.45, 2.75) is 0 Å². The van der Waals surface area contributed by atoms with Gasteiger partial charge in [0.25, 0.3) is 0 Å². The van der Waals surface area contributed by atoms with Crippen LogP contribution in [-0.4, -0.2) is 5.11 Å². The predicted octanol–water partition coefficient (Wildman–Crippen LogP) is 4.43. The van der Waals surface area contributed by atoms with E-state index in [1.807, 2.05) is 30.3 Å². The molecular weight excluding hydrogens is 488 g/mol. The predicted molar refractivity (Wildman–Crippen MR) is 132 cm³/mol. The Balaban J connectivity index is 0.000000422. The van der Waals surface area contributed by atoms with Crippen LogP contribution >= 0.6 is 0 Å². The van der Waals surface area contributed by atoms with Gasteiger partial charge in [0, 0.05) is 0 Å². The molecule has 0 aromatic heterocycles. The molecule has 0 saturated carbocycles. The second-order valence-corrected chi connectivity index (χ2v) is 6.59. The molecule has 1 N–H and O–H groups in total. The van der Waals surface area contributed by atoms with Gasteiger partial charge < -0.3 is 25.5 Å². The van der Waals surface area contributed by atoms with E-state index in [0.29, 0.717) is 5.75 Å². The largest absolute Gasteiger partial charge is 4.00 e. The van der Waals surface area contributed by atoms with Crippen LogP contribution in [0, 0.1) is 0 Å². The van der Waals surface area contributed by atoms with Crippen LogP contribution in [-0.2, 0) is 21.7 Å². The number of benzene rings is 5. The number of hydrogen-bond acceptors (Lipinski definition) is 5. The second kappa shape index (κ2) is 21.4. The van der Waals surface area contributed by atoms with Crippen molar-refractivity contribution in [3.05, 3.63) is 152 Å². The van der Waals surface area contributed by atoms with Crippen LogP contribution in [0.15, 0.2) is 152 Å². The Bertz CT molecular complexity index is 895. The molecule has 5 aromatic rings. The third kappa shape index (κ3) is 19.3. The molecule has 36 heavy (non-hydrogen) atoms. The summed E-state index contributed by atoms with van der Waals surface area (Å²) in [6, 6.07) is 42.0. The summed E-state index contributed by atoms with van der Waals surface area (Å²) < 4.78 is 0. The van der Waals surface area contributed by atoms with E-state index in [-0.39, 0.29) is 44.7 Å². The van der Waals surface area contributed by atoms with Gasteiger partial charge in [0.1, 0.15) is 5.75 Å². The Hall–Kier alpha value is -4.19. The zero-order valence-corrected chi connectivity index (χ0v) is 21.1. The van der Waals surface area contributed by atoms with Gasteiger partial charge in [0.2, 0.25) is 0 Å². The maximum Gasteiger partial charge on any atom is 4.00 e. The molecule has 5 rings (SSSR count). The van der Waals surface area contributed by atoms with E-state index in [4.69, 9.17) is 5.11 Å². The van der Waals surface area contributed by atoms with E-state index in [9.17, 15) is 20.4 Å². The summed E-state index contributed by atoms with van der Waals surface area (Å²) in [6.45, 7) is 0. The molecule has 6 heteroatoms. The fourth-order valence-electron chi connectivity index (χ4n) is 2.11. The Kier molecular flexibility index (Phi) is 18.9. The summed E-state index contributed by atoms with van der Waals surface area (Å²) in [5.41, 5.74) is 0. The van der Waals surface area contributed by atoms with Crippen LogP contribution in [0.2, 0.25) is 0 Å². The van der Waals surface area contributed by atoms with Gasteiger partial charge in [-0.2, -0.15) is 0 Å². The number of phenolic OH excluding ortho intramolecular Hbond substituents is 1. The molecule has 0 fully saturated rings. The minimum Gasteiger partial charge on any atom is -0.872 e. The van der Waals surface area contributed by atoms with Gasteiger partial charge in [-0.15, -0.1) is 23.0 Å². The first-order valence-corrected chi connectivity index (χ1v) is 10.6. The normalized spacial score (nSPS) is 8.33. The molecule has 0 aliphatic heterocycles. The zero-order valence-electron chi connectivity index (χ0n) is 19.5. The average Bonchev–Trinajstić information content (AvgIpc) is 2.88. The van der Waals surface area contributed by atoms with E-state index >= 15 is 0 Å². The number of phenols is 1. The molecule has 0 aliphatic rings. The summed E-state index contributed by atoms with van der Waals surface area (Å²) in [5.74, 6) is 0.609. The third-order valence-corrected chi connectivity index (χ3v) is 3.73. The second-order valence-electron chi connectivity index (χ2n) is 6.59. The van der Waals surface area contributed by atoms with E-state index in [1.165, 1.54) is 48.5 Å². The van der Waals surface area contributed by atoms with Crippen molar-refractivity contribution in [1.29, 1.82) is 0 Å². The van der Waals surface area contributed by atoms with Crippen molar-refractivity contribution in [2.75, 3.05) is 0 Å². The van der Waals surface area contributed by atoms with Crippen molar-refractivity contribution < 1.29 is 47.3 Å². The fraction of sp³-hybridized carbons (Fsp3) is 0. The Morgan fingerprint density at radius 2 is 0.472 bits per heavy atom. The molecule has 0 amide bonds. The van der Waals surface area contributed by atoms with Gasteiger partial charge in [-0.1, -0.05) is 140 Å². The number of rotatable bonds is 0. The standard InChI is InChI=1S/5C6H6O.Ti/c5*7-6-4-2-1-3-5-6;/h5*1-5,7H;/q;;;;;+4/p-4. The first-order valence-electron chi connectivity index (χ1n) is 10.6. The molecular formula is C30H26O5Ti. The minimum atomic E-state index is 0. The van der Waals surface area contributed by atoms with Crippen LogP contribution < -0.4 is 20.4 Å². The molecule has 0 aliphatic carbocycles. The summed E-state index contributed by atoms with van der Waals surface area (Å²) in [5, 5.41) is 49.7. The smallest absolute Gasteiger partial charge is 0.872 e. The number of para-hydroxylation sites is 5. The Morgan fingerprint density at radius 1 is 0.306 bits per heavy atom. The van der Waals surface area contributed by atoms with Crippen LogP contribution in [0.1, 0.15) is 0 Å². The van der Waals surface area contributed by atoms with E-state index in [2.05, 4.69) is 0 Å². The van der Waals surface area contributed by atoms with Crippen LogP contribution in [0.3, 0.4) is 0 Å². The number of hydrogen-bond donors (Lipinski definition) is 1. The quantitative estimate of drug-likeness (QED) is 0.307. The van der Waals surface area contributed by atoms with Crippen molar-refractivity contribution in [2.24, 2.45) is 0 Å². The first kappa shape index (κ1) is 31.8. The average molecular weight is 514 g/mol. The minimum absolute atomic E-state index is 0. The molecule has 0 saturated heterocycles. The number of aromatic hydroxyl groups is 1. The molecule has 0 spiro atoms. The van der Waals surface area contributed by atoms with Crippen LogP contribution in [0.25, 0.3) is 0 Å². The van der Waals surface area contributed by atoms with Crippen molar-refractivity contribution >= 4 is 0 Å². The van der Waals surface area contributed by atoms with Crippen molar-refractivity contribution in [3.63, 3.8) is 0 Å². The summed E-state index contributed by atoms with van der Waals surface area (Å²) >= 11 is 0. The summed E-state index contributed by atoms with van der Waals surface area (Å²) in [4.78, 5) is 0. The van der Waals surface area contributed by atoms with E-state index in [0.717, 1.165) is 0 Å². The first-order chi connectivity index (χ1) is 17.0. The molecule has 180 valence electrons. The zero-order chi connectivity index (χ0) is 25.6. The monoisotopic (exact) mass is 514 g/mol. The van der Waals surface area contributed by atoms with Gasteiger partial charge >= 0.3 is 21.7 Å². The van der Waals surface area contributed by atoms with Gasteiger partial charge in [0.15, 0.2) is 0 Å². The van der Waals surface area contributed by atoms with Gasteiger partial charge in [0.05, 0.1) is 0 Å². The topological polar surface area (TPSA) is 112 Å². The van der Waals surface area contributed by atoms with Crippen molar-refractivity contribution in [3.8, 4) is 28.7 Å². The maximum absolute atomic E-state index is 10.3. The van der Waals surface area contributed by atoms with Gasteiger partial charge in [-0.25, -0.2) is 0 Å². The fourth-order valence-corrected chi connectivity index (χ4v) is 2.11. The Morgan fingerprint density at radius 3 is 0.556 bits per heavy atom. The van der Waals surface area contributed by atoms with Crippen molar-refractivity contribution in [1.82, 2.24) is 0 Å². The maximum atomic E-state index is 10.3. The van der Waals surface area contributed by atoms with Crippen LogP contribution in [0.4, 0.5) is 0 Å². The van der Waals surface area contributed by atoms with E-state index in [1.54, 1.807) is 72.8 Å². The molecule has 0 radical (unpaired) electrons. The third-order valence-electron chi connectivity index (χ3n) is 3.73. The van der Waals surface area contributed by atoms with Gasteiger partial charge in [-0.3, -0.25) is 0 Å². The molecule has 0 heterocycles.